The van der Waals surface area contributed by atoms with Crippen molar-refractivity contribution in [1.29, 1.82) is 0 Å². The predicted octanol–water partition coefficient (Wildman–Crippen LogP) is 2.76. The fourth-order valence-corrected chi connectivity index (χ4v) is 3.00. The topological polar surface area (TPSA) is 55.1 Å². The Morgan fingerprint density at radius 3 is 3.00 bits per heavy atom. The molecule has 3 aromatic heterocycles. The Hall–Kier alpha value is -2.21. The Kier molecular flexibility index (Phi) is 2.74. The molecule has 0 amide bonds. The van der Waals surface area contributed by atoms with Crippen LogP contribution in [0.4, 0.5) is 5.13 Å². The molecule has 0 unspecified atom stereocenters. The summed E-state index contributed by atoms with van der Waals surface area (Å²) in [5.74, 6) is 1.53. The van der Waals surface area contributed by atoms with E-state index in [1.54, 1.807) is 17.5 Å². The van der Waals surface area contributed by atoms with Gasteiger partial charge in [0.25, 0.3) is 0 Å². The van der Waals surface area contributed by atoms with Crippen LogP contribution in [0.3, 0.4) is 0 Å². The first kappa shape index (κ1) is 11.6. The molecule has 0 spiro atoms. The van der Waals surface area contributed by atoms with Crippen LogP contribution in [0, 0.1) is 0 Å². The van der Waals surface area contributed by atoms with E-state index in [0.717, 1.165) is 41.8 Å². The number of aromatic nitrogens is 3. The highest BCUT2D eigenvalue weighted by Gasteiger charge is 2.24. The average Bonchev–Trinajstić information content (AvgIpc) is 3.16. The van der Waals surface area contributed by atoms with Crippen LogP contribution in [0.15, 0.2) is 40.4 Å². The molecule has 4 rings (SSSR count). The third-order valence-electron chi connectivity index (χ3n) is 3.31. The van der Waals surface area contributed by atoms with E-state index in [9.17, 15) is 0 Å². The van der Waals surface area contributed by atoms with Crippen LogP contribution < -0.4 is 4.90 Å². The lowest BCUT2D eigenvalue weighted by atomic mass is 10.2. The molecule has 4 heterocycles. The van der Waals surface area contributed by atoms with Crippen LogP contribution >= 0.6 is 11.3 Å². The minimum Gasteiger partial charge on any atom is -0.438 e. The van der Waals surface area contributed by atoms with Crippen molar-refractivity contribution in [1.82, 2.24) is 15.0 Å². The average molecular weight is 284 g/mol. The molecule has 0 saturated carbocycles. The number of pyridine rings is 1. The van der Waals surface area contributed by atoms with Crippen molar-refractivity contribution in [3.63, 3.8) is 0 Å². The molecule has 0 aromatic carbocycles. The van der Waals surface area contributed by atoms with Crippen LogP contribution in [0.5, 0.6) is 0 Å². The Bertz CT molecular complexity index is 708. The van der Waals surface area contributed by atoms with E-state index in [-0.39, 0.29) is 0 Å². The summed E-state index contributed by atoms with van der Waals surface area (Å²) in [7, 11) is 0. The maximum atomic E-state index is 5.88. The molecule has 0 atom stereocenters. The Balaban J connectivity index is 1.65. The molecule has 5 nitrogen and oxygen atoms in total. The molecule has 3 aromatic rings. The molecular weight excluding hydrogens is 272 g/mol. The number of hydrogen-bond acceptors (Lipinski definition) is 6. The van der Waals surface area contributed by atoms with Gasteiger partial charge in [0.05, 0.1) is 12.2 Å². The first-order valence-electron chi connectivity index (χ1n) is 6.44. The molecule has 6 heteroatoms. The molecule has 0 fully saturated rings. The molecule has 0 saturated heterocycles. The normalized spacial score (nSPS) is 14.3. The Labute approximate surface area is 119 Å². The Morgan fingerprint density at radius 2 is 2.20 bits per heavy atom. The lowest BCUT2D eigenvalue weighted by molar-refractivity contribution is 0.494. The molecule has 0 radical (unpaired) electrons. The van der Waals surface area contributed by atoms with E-state index in [0.29, 0.717) is 5.89 Å². The summed E-state index contributed by atoms with van der Waals surface area (Å²) < 4.78 is 5.88. The molecule has 0 N–H and O–H groups in total. The quantitative estimate of drug-likeness (QED) is 0.724. The van der Waals surface area contributed by atoms with Crippen molar-refractivity contribution < 1.29 is 4.42 Å². The van der Waals surface area contributed by atoms with E-state index >= 15 is 0 Å². The lowest BCUT2D eigenvalue weighted by Crippen LogP contribution is -2.29. The van der Waals surface area contributed by atoms with Gasteiger partial charge < -0.3 is 9.32 Å². The van der Waals surface area contributed by atoms with E-state index < -0.39 is 0 Å². The van der Waals surface area contributed by atoms with Crippen molar-refractivity contribution in [3.8, 4) is 11.6 Å². The molecule has 100 valence electrons. The number of oxazole rings is 1. The van der Waals surface area contributed by atoms with Gasteiger partial charge in [-0.05, 0) is 12.1 Å². The second-order valence-electron chi connectivity index (χ2n) is 4.59. The van der Waals surface area contributed by atoms with E-state index in [1.165, 1.54) is 0 Å². The molecule has 1 aliphatic rings. The smallest absolute Gasteiger partial charge is 0.245 e. The SMILES string of the molecule is c1ccc(-c2nc3c(o2)CN(c2nccs2)CC3)nc1. The number of hydrogen-bond donors (Lipinski definition) is 0. The second kappa shape index (κ2) is 4.72. The highest BCUT2D eigenvalue weighted by atomic mass is 32.1. The van der Waals surface area contributed by atoms with Crippen molar-refractivity contribution in [3.05, 3.63) is 47.4 Å². The molecule has 20 heavy (non-hydrogen) atoms. The maximum absolute atomic E-state index is 5.88. The van der Waals surface area contributed by atoms with Gasteiger partial charge in [0.15, 0.2) is 5.13 Å². The van der Waals surface area contributed by atoms with Crippen LogP contribution in [0.2, 0.25) is 0 Å². The minimum atomic E-state index is 0.608. The first-order valence-corrected chi connectivity index (χ1v) is 7.32. The number of nitrogens with zero attached hydrogens (tertiary/aromatic N) is 4. The van der Waals surface area contributed by atoms with Gasteiger partial charge in [-0.1, -0.05) is 6.07 Å². The fourth-order valence-electron chi connectivity index (χ4n) is 2.33. The van der Waals surface area contributed by atoms with E-state index in [4.69, 9.17) is 4.42 Å². The minimum absolute atomic E-state index is 0.608. The van der Waals surface area contributed by atoms with Gasteiger partial charge in [-0.15, -0.1) is 11.3 Å². The summed E-state index contributed by atoms with van der Waals surface area (Å²) in [5.41, 5.74) is 1.82. The third-order valence-corrected chi connectivity index (χ3v) is 4.14. The maximum Gasteiger partial charge on any atom is 0.245 e. The largest absolute Gasteiger partial charge is 0.438 e. The summed E-state index contributed by atoms with van der Waals surface area (Å²) in [6.07, 6.45) is 4.46. The van der Waals surface area contributed by atoms with Crippen LogP contribution in [-0.2, 0) is 13.0 Å². The van der Waals surface area contributed by atoms with Crippen molar-refractivity contribution in [2.24, 2.45) is 0 Å². The van der Waals surface area contributed by atoms with Crippen molar-refractivity contribution >= 4 is 16.5 Å². The summed E-state index contributed by atoms with van der Waals surface area (Å²) in [6.45, 7) is 1.65. The number of fused-ring (bicyclic) bond motifs is 1. The molecular formula is C14H12N4OS. The van der Waals surface area contributed by atoms with Gasteiger partial charge in [-0.3, -0.25) is 4.98 Å². The van der Waals surface area contributed by atoms with Gasteiger partial charge in [-0.25, -0.2) is 9.97 Å². The third kappa shape index (κ3) is 1.98. The van der Waals surface area contributed by atoms with Gasteiger partial charge in [-0.2, -0.15) is 0 Å². The number of rotatable bonds is 2. The zero-order valence-electron chi connectivity index (χ0n) is 10.7. The standard InChI is InChI=1S/C14H12N4OS/c1-2-5-15-11(3-1)13-17-10-4-7-18(9-12(10)19-13)14-16-6-8-20-14/h1-3,5-6,8H,4,7,9H2. The van der Waals surface area contributed by atoms with Gasteiger partial charge in [0, 0.05) is 30.7 Å². The second-order valence-corrected chi connectivity index (χ2v) is 5.46. The fraction of sp³-hybridized carbons (Fsp3) is 0.214. The van der Waals surface area contributed by atoms with Crippen LogP contribution in [0.1, 0.15) is 11.5 Å². The van der Waals surface area contributed by atoms with E-state index in [2.05, 4.69) is 19.9 Å². The van der Waals surface area contributed by atoms with E-state index in [1.807, 2.05) is 29.8 Å². The lowest BCUT2D eigenvalue weighted by Gasteiger charge is -2.24. The zero-order valence-corrected chi connectivity index (χ0v) is 11.5. The van der Waals surface area contributed by atoms with Crippen LogP contribution in [0.25, 0.3) is 11.6 Å². The molecule has 1 aliphatic heterocycles. The van der Waals surface area contributed by atoms with Gasteiger partial charge in [0.1, 0.15) is 11.5 Å². The summed E-state index contributed by atoms with van der Waals surface area (Å²) in [4.78, 5) is 15.4. The van der Waals surface area contributed by atoms with Crippen LogP contribution in [-0.4, -0.2) is 21.5 Å². The summed E-state index contributed by atoms with van der Waals surface area (Å²) >= 11 is 1.65. The number of thiazole rings is 1. The van der Waals surface area contributed by atoms with Gasteiger partial charge >= 0.3 is 0 Å². The highest BCUT2D eigenvalue weighted by molar-refractivity contribution is 7.13. The Morgan fingerprint density at radius 1 is 1.20 bits per heavy atom. The monoisotopic (exact) mass is 284 g/mol. The van der Waals surface area contributed by atoms with Crippen molar-refractivity contribution in [2.45, 2.75) is 13.0 Å². The highest BCUT2D eigenvalue weighted by Crippen LogP contribution is 2.28. The summed E-state index contributed by atoms with van der Waals surface area (Å²) in [6, 6.07) is 5.74. The van der Waals surface area contributed by atoms with Crippen molar-refractivity contribution in [2.75, 3.05) is 11.4 Å². The zero-order chi connectivity index (χ0) is 13.4. The molecule has 0 bridgehead atoms. The van der Waals surface area contributed by atoms with Gasteiger partial charge in [0.2, 0.25) is 5.89 Å². The molecule has 0 aliphatic carbocycles. The number of anilines is 1. The predicted molar refractivity (Wildman–Crippen MR) is 76.6 cm³/mol. The first-order chi connectivity index (χ1) is 9.90. The summed E-state index contributed by atoms with van der Waals surface area (Å²) in [5, 5.41) is 3.02.